The fourth-order valence-electron chi connectivity index (χ4n) is 3.99. The van der Waals surface area contributed by atoms with Crippen LogP contribution in [0, 0.1) is 5.41 Å². The van der Waals surface area contributed by atoms with Crippen molar-refractivity contribution in [3.63, 3.8) is 0 Å². The second kappa shape index (κ2) is 12.4. The van der Waals surface area contributed by atoms with Crippen molar-refractivity contribution in [2.24, 2.45) is 5.73 Å². The molecule has 206 valence electrons. The molecule has 0 saturated heterocycles. The first-order chi connectivity index (χ1) is 18.0. The number of hydrogen-bond donors (Lipinski definition) is 3. The number of rotatable bonds is 12. The van der Waals surface area contributed by atoms with Gasteiger partial charge in [-0.05, 0) is 49.1 Å². The van der Waals surface area contributed by atoms with Crippen LogP contribution >= 0.6 is 11.3 Å². The number of unbranched alkanes of at least 4 members (excludes halogenated alkanes) is 1. The summed E-state index contributed by atoms with van der Waals surface area (Å²) in [5, 5.41) is 18.7. The molecular weight excluding hydrogens is 506 g/mol. The highest BCUT2D eigenvalue weighted by atomic mass is 32.1. The van der Waals surface area contributed by atoms with Gasteiger partial charge in [0.1, 0.15) is 0 Å². The van der Waals surface area contributed by atoms with E-state index in [0.717, 1.165) is 23.3 Å². The first kappa shape index (κ1) is 29.1. The number of ketones is 1. The molecule has 0 aliphatic rings. The molecule has 3 aromatic rings. The summed E-state index contributed by atoms with van der Waals surface area (Å²) in [5.74, 6) is 1.39. The fourth-order valence-corrected chi connectivity index (χ4v) is 4.85. The van der Waals surface area contributed by atoms with Crippen LogP contribution in [0.2, 0.25) is 0 Å². The van der Waals surface area contributed by atoms with Crippen LogP contribution < -0.4 is 29.5 Å². The van der Waals surface area contributed by atoms with Crippen LogP contribution in [0.4, 0.5) is 0 Å². The van der Waals surface area contributed by atoms with Crippen LogP contribution in [0.25, 0.3) is 10.4 Å². The van der Waals surface area contributed by atoms with Crippen LogP contribution in [-0.2, 0) is 12.0 Å². The maximum atomic E-state index is 13.5. The van der Waals surface area contributed by atoms with Crippen LogP contribution in [0.15, 0.2) is 30.5 Å². The number of benzene rings is 2. The third-order valence-corrected chi connectivity index (χ3v) is 7.05. The van der Waals surface area contributed by atoms with Gasteiger partial charge in [-0.15, -0.1) is 0 Å². The monoisotopic (exact) mass is 543 g/mol. The lowest BCUT2D eigenvalue weighted by Gasteiger charge is -2.25. The summed E-state index contributed by atoms with van der Waals surface area (Å²) < 4.78 is 23.8. The Morgan fingerprint density at radius 3 is 2.24 bits per heavy atom. The molecule has 4 N–H and O–H groups in total. The first-order valence-electron chi connectivity index (χ1n) is 12.3. The quantitative estimate of drug-likeness (QED) is 0.223. The molecule has 2 aromatic carbocycles. The number of nitrogens with one attached hydrogen (secondary N) is 1. The van der Waals surface area contributed by atoms with Gasteiger partial charge in [0.05, 0.1) is 39.4 Å². The van der Waals surface area contributed by atoms with Crippen molar-refractivity contribution in [1.29, 1.82) is 5.41 Å². The second-order valence-corrected chi connectivity index (χ2v) is 10.9. The van der Waals surface area contributed by atoms with Gasteiger partial charge in [-0.1, -0.05) is 32.1 Å². The molecule has 9 nitrogen and oxygen atoms in total. The van der Waals surface area contributed by atoms with Crippen molar-refractivity contribution >= 4 is 17.1 Å². The van der Waals surface area contributed by atoms with Gasteiger partial charge in [0.25, 0.3) is 0 Å². The largest absolute Gasteiger partial charge is 0.502 e. The Labute approximate surface area is 227 Å². The number of hydrogen-bond acceptors (Lipinski definition) is 9. The lowest BCUT2D eigenvalue weighted by Crippen LogP contribution is -2.20. The van der Waals surface area contributed by atoms with E-state index >= 15 is 0 Å². The minimum Gasteiger partial charge on any atom is -0.502 e. The number of ether oxygens (including phenoxy) is 4. The van der Waals surface area contributed by atoms with Gasteiger partial charge in [-0.25, -0.2) is 0 Å². The highest BCUT2D eigenvalue weighted by Crippen LogP contribution is 2.42. The van der Waals surface area contributed by atoms with Gasteiger partial charge in [-0.2, -0.15) is 0 Å². The first-order valence-corrected chi connectivity index (χ1v) is 13.1. The van der Waals surface area contributed by atoms with Gasteiger partial charge in [0.15, 0.2) is 33.6 Å². The fraction of sp³-hybridized carbons (Fsp3) is 0.429. The Bertz CT molecular complexity index is 1310. The highest BCUT2D eigenvalue weighted by Gasteiger charge is 2.25. The van der Waals surface area contributed by atoms with E-state index in [9.17, 15) is 9.90 Å². The lowest BCUT2D eigenvalue weighted by atomic mass is 9.84. The number of carbonyl (C=O) groups excluding carboxylic acids is 1. The van der Waals surface area contributed by atoms with Crippen molar-refractivity contribution in [2.75, 3.05) is 34.5 Å². The smallest absolute Gasteiger partial charge is 0.200 e. The molecule has 0 spiro atoms. The van der Waals surface area contributed by atoms with Gasteiger partial charge in [-0.3, -0.25) is 10.2 Å². The molecule has 0 amide bonds. The number of phenolic OH excluding ortho intramolecular Hbond substituents is 1. The van der Waals surface area contributed by atoms with E-state index in [0.29, 0.717) is 35.8 Å². The zero-order chi connectivity index (χ0) is 28.0. The van der Waals surface area contributed by atoms with Crippen molar-refractivity contribution < 1.29 is 28.8 Å². The summed E-state index contributed by atoms with van der Waals surface area (Å²) in [5.41, 5.74) is 7.36. The van der Waals surface area contributed by atoms with E-state index in [1.54, 1.807) is 36.1 Å². The predicted octanol–water partition coefficient (Wildman–Crippen LogP) is 4.73. The van der Waals surface area contributed by atoms with E-state index in [2.05, 4.69) is 20.8 Å². The molecule has 0 aliphatic heterocycles. The summed E-state index contributed by atoms with van der Waals surface area (Å²) in [4.78, 5) is 14.4. The maximum Gasteiger partial charge on any atom is 0.200 e. The standard InChI is InChI=1S/C28H37N3O6S/c1-28(2,3)19-11-17(12-23(26(19)36-6)37-10-8-7-9-29)20(32)15-31-16-24(38-27(31)30)18-13-21(34-4)25(33)22(14-18)35-5/h11-14,16,30,33H,7-10,15,29H2,1-6H3. The Hall–Kier alpha value is -3.50. The van der Waals surface area contributed by atoms with Crippen LogP contribution in [0.5, 0.6) is 28.7 Å². The number of aromatic nitrogens is 1. The second-order valence-electron chi connectivity index (χ2n) is 9.83. The van der Waals surface area contributed by atoms with Crippen molar-refractivity contribution in [3.8, 4) is 39.2 Å². The summed E-state index contributed by atoms with van der Waals surface area (Å²) in [6.45, 7) is 7.20. The van der Waals surface area contributed by atoms with E-state index in [4.69, 9.17) is 30.1 Å². The summed E-state index contributed by atoms with van der Waals surface area (Å²) in [6.07, 6.45) is 3.38. The Balaban J connectivity index is 1.96. The number of carbonyl (C=O) groups is 1. The molecule has 38 heavy (non-hydrogen) atoms. The average molecular weight is 544 g/mol. The van der Waals surface area contributed by atoms with E-state index in [1.165, 1.54) is 25.6 Å². The van der Waals surface area contributed by atoms with Crippen molar-refractivity contribution in [3.05, 3.63) is 46.4 Å². The number of nitrogens with two attached hydrogens (primary N) is 1. The number of nitrogens with zero attached hydrogens (tertiary/aromatic N) is 1. The van der Waals surface area contributed by atoms with E-state index in [1.807, 2.05) is 6.07 Å². The Morgan fingerprint density at radius 2 is 1.68 bits per heavy atom. The molecule has 0 bridgehead atoms. The molecule has 0 radical (unpaired) electrons. The Morgan fingerprint density at radius 1 is 1.03 bits per heavy atom. The van der Waals surface area contributed by atoms with Crippen LogP contribution in [0.3, 0.4) is 0 Å². The number of methoxy groups -OCH3 is 3. The Kier molecular flexibility index (Phi) is 9.45. The molecule has 0 saturated carbocycles. The number of Topliss-reactive ketones (excluding diaryl/α,β-unsaturated/α-hetero) is 1. The maximum absolute atomic E-state index is 13.5. The number of thiazole rings is 1. The lowest BCUT2D eigenvalue weighted by molar-refractivity contribution is 0.0970. The predicted molar refractivity (Wildman–Crippen MR) is 148 cm³/mol. The van der Waals surface area contributed by atoms with Crippen molar-refractivity contribution in [2.45, 2.75) is 45.6 Å². The minimum absolute atomic E-state index is 0.0236. The molecule has 3 rings (SSSR count). The van der Waals surface area contributed by atoms with E-state index in [-0.39, 0.29) is 39.8 Å². The normalized spacial score (nSPS) is 11.3. The number of phenols is 1. The van der Waals surface area contributed by atoms with Gasteiger partial charge in [0.2, 0.25) is 5.75 Å². The minimum atomic E-state index is -0.294. The average Bonchev–Trinajstić information content (AvgIpc) is 3.25. The zero-order valence-corrected chi connectivity index (χ0v) is 23.7. The molecule has 1 heterocycles. The third kappa shape index (κ3) is 6.49. The molecule has 10 heteroatoms. The summed E-state index contributed by atoms with van der Waals surface area (Å²) in [7, 11) is 4.51. The zero-order valence-electron chi connectivity index (χ0n) is 22.8. The van der Waals surface area contributed by atoms with E-state index < -0.39 is 0 Å². The molecule has 1 aromatic heterocycles. The van der Waals surface area contributed by atoms with Crippen LogP contribution in [0.1, 0.15) is 49.5 Å². The molecular formula is C28H37N3O6S. The van der Waals surface area contributed by atoms with Crippen LogP contribution in [-0.4, -0.2) is 49.9 Å². The summed E-state index contributed by atoms with van der Waals surface area (Å²) >= 11 is 1.21. The van der Waals surface area contributed by atoms with Gasteiger partial charge in [0, 0.05) is 22.9 Å². The van der Waals surface area contributed by atoms with Gasteiger partial charge < -0.3 is 34.4 Å². The highest BCUT2D eigenvalue weighted by molar-refractivity contribution is 7.12. The molecule has 0 atom stereocenters. The van der Waals surface area contributed by atoms with Crippen molar-refractivity contribution in [1.82, 2.24) is 4.57 Å². The molecule has 0 unspecified atom stereocenters. The summed E-state index contributed by atoms with van der Waals surface area (Å²) in [6, 6.07) is 6.90. The SMILES string of the molecule is COc1cc(-c2cn(CC(=O)c3cc(OCCCCN)c(OC)c(C(C)(C)C)c3)c(=N)s2)cc(OC)c1O. The third-order valence-electron chi connectivity index (χ3n) is 6.06. The molecule has 0 fully saturated rings. The van der Waals surface area contributed by atoms with Gasteiger partial charge >= 0.3 is 0 Å². The number of aromatic hydroxyl groups is 1. The molecule has 0 aliphatic carbocycles. The topological polar surface area (TPSA) is 129 Å².